The molecule has 4 heteroatoms. The number of rotatable bonds is 3. The van der Waals surface area contributed by atoms with Gasteiger partial charge in [0.05, 0.1) is 5.82 Å². The summed E-state index contributed by atoms with van der Waals surface area (Å²) >= 11 is 5.85. The number of hydrogen-bond acceptors (Lipinski definition) is 3. The third kappa shape index (κ3) is 2.61. The summed E-state index contributed by atoms with van der Waals surface area (Å²) in [6.45, 7) is 1.87. The molecule has 2 rings (SSSR count). The van der Waals surface area contributed by atoms with Crippen LogP contribution in [0.5, 0.6) is 0 Å². The Labute approximate surface area is 101 Å². The third-order valence-corrected chi connectivity index (χ3v) is 3.01. The summed E-state index contributed by atoms with van der Waals surface area (Å²) in [4.78, 5) is 2.21. The molecule has 1 aromatic carbocycles. The number of halogens is 1. The van der Waals surface area contributed by atoms with Crippen molar-refractivity contribution in [3.63, 3.8) is 0 Å². The molecule has 86 valence electrons. The normalized spacial score (nSPS) is 19.1. The Morgan fingerprint density at radius 2 is 2.12 bits per heavy atom. The molecule has 0 aromatic heterocycles. The van der Waals surface area contributed by atoms with Gasteiger partial charge < -0.3 is 16.0 Å². The Morgan fingerprint density at radius 3 is 2.69 bits per heavy atom. The van der Waals surface area contributed by atoms with E-state index in [1.165, 1.54) is 5.69 Å². The molecule has 0 fully saturated rings. The van der Waals surface area contributed by atoms with E-state index in [0.717, 1.165) is 23.9 Å². The summed E-state index contributed by atoms with van der Waals surface area (Å²) < 4.78 is 0. The zero-order chi connectivity index (χ0) is 11.5. The largest absolute Gasteiger partial charge is 0.386 e. The maximum Gasteiger partial charge on any atom is 0.0923 e. The van der Waals surface area contributed by atoms with E-state index < -0.39 is 0 Å². The molecular weight excluding hydrogens is 222 g/mol. The molecule has 0 spiro atoms. The van der Waals surface area contributed by atoms with Crippen LogP contribution in [0.15, 0.2) is 36.2 Å². The molecule has 0 radical (unpaired) electrons. The van der Waals surface area contributed by atoms with Gasteiger partial charge in [0.1, 0.15) is 0 Å². The zero-order valence-electron chi connectivity index (χ0n) is 9.28. The minimum absolute atomic E-state index is 0.473. The Bertz CT molecular complexity index is 386. The van der Waals surface area contributed by atoms with E-state index in [1.54, 1.807) is 0 Å². The maximum atomic E-state index is 5.85. The van der Waals surface area contributed by atoms with E-state index in [1.807, 2.05) is 24.3 Å². The molecular formula is C12H16ClN3. The van der Waals surface area contributed by atoms with E-state index in [4.69, 9.17) is 17.3 Å². The number of nitrogens with two attached hydrogens (primary N) is 1. The molecule has 3 N–H and O–H groups in total. The summed E-state index contributed by atoms with van der Waals surface area (Å²) in [6, 6.07) is 7.87. The van der Waals surface area contributed by atoms with Gasteiger partial charge >= 0.3 is 0 Å². The molecule has 0 amide bonds. The molecule has 1 aliphatic heterocycles. The molecule has 0 bridgehead atoms. The first-order valence-electron chi connectivity index (χ1n) is 5.33. The molecule has 16 heavy (non-hydrogen) atoms. The maximum absolute atomic E-state index is 5.85. The fraction of sp³-hybridized carbons (Fsp3) is 0.333. The van der Waals surface area contributed by atoms with Gasteiger partial charge in [-0.2, -0.15) is 0 Å². The highest BCUT2D eigenvalue weighted by Gasteiger charge is 2.15. The van der Waals surface area contributed by atoms with Crippen LogP contribution in [0.2, 0.25) is 5.02 Å². The van der Waals surface area contributed by atoms with Crippen LogP contribution in [-0.2, 0) is 0 Å². The topological polar surface area (TPSA) is 41.3 Å². The van der Waals surface area contributed by atoms with Crippen LogP contribution in [0.25, 0.3) is 0 Å². The van der Waals surface area contributed by atoms with Crippen LogP contribution in [0.3, 0.4) is 0 Å². The van der Waals surface area contributed by atoms with Crippen molar-refractivity contribution < 1.29 is 0 Å². The fourth-order valence-corrected chi connectivity index (χ4v) is 2.02. The van der Waals surface area contributed by atoms with Gasteiger partial charge in [-0.3, -0.25) is 0 Å². The molecule has 1 aliphatic rings. The SMILES string of the molecule is CN(C[C@@H]1C=C(N)NC1)c1ccc(Cl)cc1. The number of benzene rings is 1. The fourth-order valence-electron chi connectivity index (χ4n) is 1.89. The predicted octanol–water partition coefficient (Wildman–Crippen LogP) is 1.80. The summed E-state index contributed by atoms with van der Waals surface area (Å²) in [5, 5.41) is 3.89. The van der Waals surface area contributed by atoms with Crippen molar-refractivity contribution in [3.8, 4) is 0 Å². The average molecular weight is 238 g/mol. The lowest BCUT2D eigenvalue weighted by Gasteiger charge is -2.22. The lowest BCUT2D eigenvalue weighted by molar-refractivity contribution is 0.641. The first-order valence-corrected chi connectivity index (χ1v) is 5.71. The first-order chi connectivity index (χ1) is 7.65. The Hall–Kier alpha value is -1.35. The van der Waals surface area contributed by atoms with Crippen molar-refractivity contribution in [2.45, 2.75) is 0 Å². The molecule has 0 unspecified atom stereocenters. The van der Waals surface area contributed by atoms with Crippen molar-refractivity contribution in [2.75, 3.05) is 25.0 Å². The smallest absolute Gasteiger partial charge is 0.0923 e. The predicted molar refractivity (Wildman–Crippen MR) is 68.5 cm³/mol. The van der Waals surface area contributed by atoms with Gasteiger partial charge in [-0.15, -0.1) is 0 Å². The van der Waals surface area contributed by atoms with E-state index in [-0.39, 0.29) is 0 Å². The number of anilines is 1. The van der Waals surface area contributed by atoms with E-state index in [0.29, 0.717) is 5.92 Å². The van der Waals surface area contributed by atoms with Crippen LogP contribution < -0.4 is 16.0 Å². The van der Waals surface area contributed by atoms with Gasteiger partial charge in [0.25, 0.3) is 0 Å². The van der Waals surface area contributed by atoms with Crippen molar-refractivity contribution in [1.29, 1.82) is 0 Å². The molecule has 0 aliphatic carbocycles. The highest BCUT2D eigenvalue weighted by atomic mass is 35.5. The number of hydrogen-bond donors (Lipinski definition) is 2. The Morgan fingerprint density at radius 1 is 1.44 bits per heavy atom. The van der Waals surface area contributed by atoms with E-state index in [2.05, 4.69) is 23.3 Å². The second-order valence-corrected chi connectivity index (χ2v) is 4.56. The van der Waals surface area contributed by atoms with Gasteiger partial charge in [-0.25, -0.2) is 0 Å². The molecule has 0 saturated carbocycles. The van der Waals surface area contributed by atoms with Gasteiger partial charge in [0.15, 0.2) is 0 Å². The summed E-state index contributed by atoms with van der Waals surface area (Å²) in [5.41, 5.74) is 6.84. The quantitative estimate of drug-likeness (QED) is 0.843. The Balaban J connectivity index is 1.97. The van der Waals surface area contributed by atoms with Crippen LogP contribution in [0, 0.1) is 5.92 Å². The first kappa shape index (κ1) is 11.1. The molecule has 3 nitrogen and oxygen atoms in total. The molecule has 1 atom stereocenters. The minimum atomic E-state index is 0.473. The van der Waals surface area contributed by atoms with E-state index >= 15 is 0 Å². The highest BCUT2D eigenvalue weighted by molar-refractivity contribution is 6.30. The van der Waals surface area contributed by atoms with Gasteiger partial charge in [0.2, 0.25) is 0 Å². The van der Waals surface area contributed by atoms with Crippen molar-refractivity contribution >= 4 is 17.3 Å². The van der Waals surface area contributed by atoms with E-state index in [9.17, 15) is 0 Å². The minimum Gasteiger partial charge on any atom is -0.386 e. The van der Waals surface area contributed by atoms with Crippen molar-refractivity contribution in [3.05, 3.63) is 41.2 Å². The third-order valence-electron chi connectivity index (χ3n) is 2.76. The van der Waals surface area contributed by atoms with Crippen LogP contribution in [0.4, 0.5) is 5.69 Å². The monoisotopic (exact) mass is 237 g/mol. The van der Waals surface area contributed by atoms with Crippen LogP contribution >= 0.6 is 11.6 Å². The van der Waals surface area contributed by atoms with Gasteiger partial charge in [0, 0.05) is 36.8 Å². The van der Waals surface area contributed by atoms with Gasteiger partial charge in [-0.05, 0) is 30.3 Å². The summed E-state index contributed by atoms with van der Waals surface area (Å²) in [5.74, 6) is 1.26. The number of nitrogens with one attached hydrogen (secondary N) is 1. The van der Waals surface area contributed by atoms with Crippen LogP contribution in [-0.4, -0.2) is 20.1 Å². The lowest BCUT2D eigenvalue weighted by Crippen LogP contribution is -2.27. The molecule has 0 saturated heterocycles. The second kappa shape index (κ2) is 4.66. The van der Waals surface area contributed by atoms with Crippen molar-refractivity contribution in [2.24, 2.45) is 11.7 Å². The average Bonchev–Trinajstić information content (AvgIpc) is 2.65. The second-order valence-electron chi connectivity index (χ2n) is 4.12. The zero-order valence-corrected chi connectivity index (χ0v) is 10.0. The van der Waals surface area contributed by atoms with Gasteiger partial charge in [-0.1, -0.05) is 11.6 Å². The number of nitrogens with zero attached hydrogens (tertiary/aromatic N) is 1. The highest BCUT2D eigenvalue weighted by Crippen LogP contribution is 2.18. The lowest BCUT2D eigenvalue weighted by atomic mass is 10.1. The van der Waals surface area contributed by atoms with Crippen LogP contribution in [0.1, 0.15) is 0 Å². The summed E-state index contributed by atoms with van der Waals surface area (Å²) in [7, 11) is 2.07. The molecule has 1 heterocycles. The summed E-state index contributed by atoms with van der Waals surface area (Å²) in [6.07, 6.45) is 2.08. The standard InChI is InChI=1S/C12H16ClN3/c1-16(8-9-6-12(14)15-7-9)11-4-2-10(13)3-5-11/h2-6,9,15H,7-8,14H2,1H3/t9-/m1/s1. The van der Waals surface area contributed by atoms with Crippen molar-refractivity contribution in [1.82, 2.24) is 5.32 Å². The Kier molecular flexibility index (Phi) is 3.25. The molecule has 1 aromatic rings.